The first-order valence-corrected chi connectivity index (χ1v) is 9.31. The monoisotopic (exact) mass is 381 g/mol. The Kier molecular flexibility index (Phi) is 5.10. The zero-order valence-electron chi connectivity index (χ0n) is 12.3. The van der Waals surface area contributed by atoms with Gasteiger partial charge in [-0.3, -0.25) is 4.79 Å². The van der Waals surface area contributed by atoms with Crippen LogP contribution in [0.3, 0.4) is 0 Å². The summed E-state index contributed by atoms with van der Waals surface area (Å²) in [6.07, 6.45) is 5.23. The maximum Gasteiger partial charge on any atom is 0.220 e. The average molecular weight is 382 g/mol. The Morgan fingerprint density at radius 1 is 1.36 bits per heavy atom. The lowest BCUT2D eigenvalue weighted by atomic mass is 9.92. The molecule has 22 heavy (non-hydrogen) atoms. The van der Waals surface area contributed by atoms with Crippen molar-refractivity contribution in [2.45, 2.75) is 50.6 Å². The van der Waals surface area contributed by atoms with Crippen molar-refractivity contribution in [2.75, 3.05) is 0 Å². The zero-order chi connectivity index (χ0) is 15.5. The van der Waals surface area contributed by atoms with Gasteiger partial charge in [0.25, 0.3) is 0 Å². The molecule has 0 radical (unpaired) electrons. The molecule has 0 spiro atoms. The fraction of sp³-hybridized carbons (Fsp3) is 0.500. The molecule has 1 saturated carbocycles. The number of amides is 1. The molecular formula is C16H20BrN3OS. The lowest BCUT2D eigenvalue weighted by molar-refractivity contribution is -0.122. The normalized spacial score (nSPS) is 21.9. The van der Waals surface area contributed by atoms with Crippen molar-refractivity contribution in [3.8, 4) is 0 Å². The smallest absolute Gasteiger partial charge is 0.220 e. The molecule has 1 aromatic carbocycles. The molecule has 1 aliphatic carbocycles. The van der Waals surface area contributed by atoms with Gasteiger partial charge in [0.05, 0.1) is 15.2 Å². The second-order valence-corrected chi connectivity index (χ2v) is 7.93. The van der Waals surface area contributed by atoms with Crippen LogP contribution in [0.5, 0.6) is 0 Å². The molecule has 1 aromatic heterocycles. The number of thiazole rings is 1. The van der Waals surface area contributed by atoms with Crippen LogP contribution in [0.2, 0.25) is 0 Å². The Bertz CT molecular complexity index is 664. The molecule has 3 rings (SSSR count). The van der Waals surface area contributed by atoms with E-state index < -0.39 is 0 Å². The second kappa shape index (κ2) is 7.06. The van der Waals surface area contributed by atoms with E-state index in [9.17, 15) is 4.79 Å². The molecule has 1 heterocycles. The van der Waals surface area contributed by atoms with E-state index in [-0.39, 0.29) is 5.91 Å². The number of nitrogens with two attached hydrogens (primary N) is 1. The standard InChI is InChI=1S/C16H20BrN3OS/c17-10-1-6-14-13(9-10)20-16(22-14)8-7-15(21)19-12-4-2-11(18)3-5-12/h1,6,9,11-12H,2-5,7-8,18H2,(H,19,21). The first-order valence-electron chi connectivity index (χ1n) is 7.70. The minimum absolute atomic E-state index is 0.126. The molecule has 3 N–H and O–H groups in total. The largest absolute Gasteiger partial charge is 0.353 e. The fourth-order valence-electron chi connectivity index (χ4n) is 2.84. The van der Waals surface area contributed by atoms with Crippen LogP contribution in [0.1, 0.15) is 37.1 Å². The van der Waals surface area contributed by atoms with Crippen LogP contribution < -0.4 is 11.1 Å². The van der Waals surface area contributed by atoms with Crippen LogP contribution in [0.25, 0.3) is 10.2 Å². The Hall–Kier alpha value is -0.980. The highest BCUT2D eigenvalue weighted by atomic mass is 79.9. The lowest BCUT2D eigenvalue weighted by Gasteiger charge is -2.26. The Labute approximate surface area is 142 Å². The van der Waals surface area contributed by atoms with Gasteiger partial charge in [-0.15, -0.1) is 11.3 Å². The van der Waals surface area contributed by atoms with Gasteiger partial charge in [-0.2, -0.15) is 0 Å². The van der Waals surface area contributed by atoms with Crippen molar-refractivity contribution in [2.24, 2.45) is 5.73 Å². The van der Waals surface area contributed by atoms with E-state index >= 15 is 0 Å². The maximum absolute atomic E-state index is 12.1. The molecule has 4 nitrogen and oxygen atoms in total. The molecule has 118 valence electrons. The van der Waals surface area contributed by atoms with Crippen LogP contribution >= 0.6 is 27.3 Å². The summed E-state index contributed by atoms with van der Waals surface area (Å²) in [7, 11) is 0. The first kappa shape index (κ1) is 15.9. The van der Waals surface area contributed by atoms with Gasteiger partial charge >= 0.3 is 0 Å². The lowest BCUT2D eigenvalue weighted by Crippen LogP contribution is -2.40. The van der Waals surface area contributed by atoms with Gasteiger partial charge in [0.1, 0.15) is 0 Å². The summed E-state index contributed by atoms with van der Waals surface area (Å²) in [5.74, 6) is 0.126. The van der Waals surface area contributed by atoms with Crippen molar-refractivity contribution < 1.29 is 4.79 Å². The number of aryl methyl sites for hydroxylation is 1. The van der Waals surface area contributed by atoms with Gasteiger partial charge in [-0.25, -0.2) is 4.98 Å². The second-order valence-electron chi connectivity index (χ2n) is 5.90. The van der Waals surface area contributed by atoms with Gasteiger partial charge in [-0.05, 0) is 43.9 Å². The number of fused-ring (bicyclic) bond motifs is 1. The summed E-state index contributed by atoms with van der Waals surface area (Å²) in [5.41, 5.74) is 6.88. The van der Waals surface area contributed by atoms with Gasteiger partial charge in [0.15, 0.2) is 0 Å². The van der Waals surface area contributed by atoms with E-state index in [0.29, 0.717) is 24.9 Å². The number of aromatic nitrogens is 1. The predicted molar refractivity (Wildman–Crippen MR) is 94.0 cm³/mol. The molecular weight excluding hydrogens is 362 g/mol. The van der Waals surface area contributed by atoms with E-state index in [1.165, 1.54) is 4.70 Å². The van der Waals surface area contributed by atoms with Crippen molar-refractivity contribution >= 4 is 43.4 Å². The molecule has 0 saturated heterocycles. The number of rotatable bonds is 4. The highest BCUT2D eigenvalue weighted by Crippen LogP contribution is 2.26. The van der Waals surface area contributed by atoms with Gasteiger partial charge < -0.3 is 11.1 Å². The number of nitrogens with one attached hydrogen (secondary N) is 1. The summed E-state index contributed by atoms with van der Waals surface area (Å²) < 4.78 is 2.20. The molecule has 0 unspecified atom stereocenters. The summed E-state index contributed by atoms with van der Waals surface area (Å²) >= 11 is 5.12. The van der Waals surface area contributed by atoms with E-state index in [4.69, 9.17) is 5.73 Å². The van der Waals surface area contributed by atoms with E-state index in [0.717, 1.165) is 40.7 Å². The number of hydrogen-bond acceptors (Lipinski definition) is 4. The number of carbonyl (C=O) groups excluding carboxylic acids is 1. The zero-order valence-corrected chi connectivity index (χ0v) is 14.8. The number of carbonyl (C=O) groups is 1. The Morgan fingerprint density at radius 2 is 2.14 bits per heavy atom. The van der Waals surface area contributed by atoms with Crippen LogP contribution in [0.4, 0.5) is 0 Å². The van der Waals surface area contributed by atoms with Gasteiger partial charge in [0, 0.05) is 29.4 Å². The number of hydrogen-bond donors (Lipinski definition) is 2. The number of nitrogens with zero attached hydrogens (tertiary/aromatic N) is 1. The fourth-order valence-corrected chi connectivity index (χ4v) is 4.14. The molecule has 0 aliphatic heterocycles. The molecule has 1 amide bonds. The SMILES string of the molecule is NC1CCC(NC(=O)CCc2nc3cc(Br)ccc3s2)CC1. The van der Waals surface area contributed by atoms with Crippen LogP contribution in [-0.2, 0) is 11.2 Å². The third-order valence-electron chi connectivity index (χ3n) is 4.10. The maximum atomic E-state index is 12.1. The Balaban J connectivity index is 1.51. The summed E-state index contributed by atoms with van der Waals surface area (Å²) in [5, 5.41) is 4.15. The van der Waals surface area contributed by atoms with E-state index in [1.54, 1.807) is 11.3 Å². The number of benzene rings is 1. The average Bonchev–Trinajstić information content (AvgIpc) is 2.89. The van der Waals surface area contributed by atoms with Crippen LogP contribution in [-0.4, -0.2) is 23.0 Å². The van der Waals surface area contributed by atoms with E-state index in [1.807, 2.05) is 12.1 Å². The quantitative estimate of drug-likeness (QED) is 0.852. The summed E-state index contributed by atoms with van der Waals surface area (Å²) in [6, 6.07) is 6.71. The van der Waals surface area contributed by atoms with Gasteiger partial charge in [-0.1, -0.05) is 15.9 Å². The van der Waals surface area contributed by atoms with Crippen molar-refractivity contribution in [3.05, 3.63) is 27.7 Å². The third-order valence-corrected chi connectivity index (χ3v) is 5.69. The molecule has 6 heteroatoms. The van der Waals surface area contributed by atoms with Gasteiger partial charge in [0.2, 0.25) is 5.91 Å². The summed E-state index contributed by atoms with van der Waals surface area (Å²) in [6.45, 7) is 0. The molecule has 0 bridgehead atoms. The molecule has 1 fully saturated rings. The Morgan fingerprint density at radius 3 is 2.91 bits per heavy atom. The number of halogens is 1. The topological polar surface area (TPSA) is 68.0 Å². The molecule has 2 aromatic rings. The molecule has 1 aliphatic rings. The van der Waals surface area contributed by atoms with Crippen LogP contribution in [0, 0.1) is 0 Å². The molecule has 0 atom stereocenters. The van der Waals surface area contributed by atoms with Crippen LogP contribution in [0.15, 0.2) is 22.7 Å². The minimum Gasteiger partial charge on any atom is -0.353 e. The van der Waals surface area contributed by atoms with E-state index in [2.05, 4.69) is 32.3 Å². The predicted octanol–water partition coefficient (Wildman–Crippen LogP) is 3.38. The highest BCUT2D eigenvalue weighted by Gasteiger charge is 2.20. The van der Waals surface area contributed by atoms with Crippen molar-refractivity contribution in [3.63, 3.8) is 0 Å². The minimum atomic E-state index is 0.126. The van der Waals surface area contributed by atoms with Crippen molar-refractivity contribution in [1.82, 2.24) is 10.3 Å². The summed E-state index contributed by atoms with van der Waals surface area (Å²) in [4.78, 5) is 16.7. The highest BCUT2D eigenvalue weighted by molar-refractivity contribution is 9.10. The first-order chi connectivity index (χ1) is 10.6. The van der Waals surface area contributed by atoms with Crippen molar-refractivity contribution in [1.29, 1.82) is 0 Å². The third kappa shape index (κ3) is 4.06.